The molecule has 0 rings (SSSR count). The average molecular weight is 474 g/mol. The van der Waals surface area contributed by atoms with Gasteiger partial charge in [-0.15, -0.1) is 0 Å². The van der Waals surface area contributed by atoms with E-state index in [4.69, 9.17) is 28.0 Å². The van der Waals surface area contributed by atoms with Gasteiger partial charge in [0, 0.05) is 13.1 Å². The maximum absolute atomic E-state index is 12.5. The minimum absolute atomic E-state index is 0.0405. The lowest BCUT2D eigenvalue weighted by Crippen LogP contribution is -2.51. The van der Waals surface area contributed by atoms with E-state index < -0.39 is 35.9 Å². The van der Waals surface area contributed by atoms with Gasteiger partial charge in [-0.05, 0) is 58.0 Å². The molecule has 0 aromatic rings. The normalized spacial score (nSPS) is 13.6. The Morgan fingerprint density at radius 1 is 0.667 bits per heavy atom. The molecule has 0 fully saturated rings. The average Bonchev–Trinajstić information content (AvgIpc) is 2.77. The summed E-state index contributed by atoms with van der Waals surface area (Å²) in [5.41, 5.74) is 22.6. The van der Waals surface area contributed by atoms with Gasteiger partial charge in [0.25, 0.3) is 0 Å². The third kappa shape index (κ3) is 16.1. The lowest BCUT2D eigenvalue weighted by atomic mass is 10.1. The van der Waals surface area contributed by atoms with Gasteiger partial charge in [-0.25, -0.2) is 0 Å². The second-order valence-electron chi connectivity index (χ2n) is 8.06. The molecular weight excluding hydrogens is 430 g/mol. The van der Waals surface area contributed by atoms with Crippen molar-refractivity contribution in [2.24, 2.45) is 22.9 Å². The van der Waals surface area contributed by atoms with Crippen molar-refractivity contribution >= 4 is 23.7 Å². The first-order chi connectivity index (χ1) is 15.7. The summed E-state index contributed by atoms with van der Waals surface area (Å²) in [7, 11) is 0. The van der Waals surface area contributed by atoms with Crippen molar-refractivity contribution in [1.29, 1.82) is 0 Å². The summed E-state index contributed by atoms with van der Waals surface area (Å²) >= 11 is 0. The molecule has 0 bridgehead atoms. The zero-order valence-electron chi connectivity index (χ0n) is 19.5. The molecule has 0 aromatic heterocycles. The van der Waals surface area contributed by atoms with Crippen molar-refractivity contribution < 1.29 is 24.3 Å². The SMILES string of the molecule is NCCCCC(N)C(=O)NCCCCC(NC(=O)C(N)CCCCN)C(=O)NCCC(=O)O. The first kappa shape index (κ1) is 30.7. The number of carbonyl (C=O) groups excluding carboxylic acids is 3. The monoisotopic (exact) mass is 473 g/mol. The quantitative estimate of drug-likeness (QED) is 0.0937. The van der Waals surface area contributed by atoms with E-state index in [1.54, 1.807) is 0 Å². The molecule has 3 unspecified atom stereocenters. The third-order valence-electron chi connectivity index (χ3n) is 5.10. The summed E-state index contributed by atoms with van der Waals surface area (Å²) in [6.07, 6.45) is 5.31. The van der Waals surface area contributed by atoms with Gasteiger partial charge in [-0.2, -0.15) is 0 Å². The Bertz CT molecular complexity index is 591. The molecule has 0 aliphatic heterocycles. The summed E-state index contributed by atoms with van der Waals surface area (Å²) in [6.45, 7) is 1.43. The molecule has 3 atom stereocenters. The molecule has 0 aliphatic rings. The van der Waals surface area contributed by atoms with Crippen LogP contribution in [0.3, 0.4) is 0 Å². The van der Waals surface area contributed by atoms with E-state index in [0.29, 0.717) is 58.2 Å². The number of carboxylic acid groups (broad SMARTS) is 1. The highest BCUT2D eigenvalue weighted by Crippen LogP contribution is 2.05. The van der Waals surface area contributed by atoms with Gasteiger partial charge in [0.15, 0.2) is 0 Å². The summed E-state index contributed by atoms with van der Waals surface area (Å²) in [5.74, 6) is -2.17. The largest absolute Gasteiger partial charge is 0.481 e. The van der Waals surface area contributed by atoms with Crippen LogP contribution in [-0.4, -0.2) is 73.1 Å². The van der Waals surface area contributed by atoms with Crippen molar-refractivity contribution in [3.8, 4) is 0 Å². The topological polar surface area (TPSA) is 229 Å². The number of carboxylic acids is 1. The minimum Gasteiger partial charge on any atom is -0.481 e. The van der Waals surface area contributed by atoms with E-state index in [9.17, 15) is 19.2 Å². The fourth-order valence-corrected chi connectivity index (χ4v) is 3.06. The van der Waals surface area contributed by atoms with Crippen molar-refractivity contribution in [1.82, 2.24) is 16.0 Å². The van der Waals surface area contributed by atoms with Crippen molar-refractivity contribution in [2.45, 2.75) is 82.3 Å². The molecule has 192 valence electrons. The highest BCUT2D eigenvalue weighted by atomic mass is 16.4. The van der Waals surface area contributed by atoms with Gasteiger partial charge in [0.1, 0.15) is 6.04 Å². The van der Waals surface area contributed by atoms with Gasteiger partial charge in [0.2, 0.25) is 17.7 Å². The van der Waals surface area contributed by atoms with Gasteiger partial charge < -0.3 is 44.0 Å². The van der Waals surface area contributed by atoms with Gasteiger partial charge in [-0.3, -0.25) is 19.2 Å². The fourth-order valence-electron chi connectivity index (χ4n) is 3.06. The molecule has 12 heteroatoms. The number of hydrogen-bond donors (Lipinski definition) is 8. The molecule has 0 spiro atoms. The van der Waals surface area contributed by atoms with Crippen LogP contribution in [-0.2, 0) is 19.2 Å². The van der Waals surface area contributed by atoms with Crippen molar-refractivity contribution in [3.05, 3.63) is 0 Å². The predicted molar refractivity (Wildman–Crippen MR) is 126 cm³/mol. The molecule has 0 saturated carbocycles. The Morgan fingerprint density at radius 3 is 1.73 bits per heavy atom. The molecule has 0 saturated heterocycles. The molecule has 0 aromatic carbocycles. The number of carbonyl (C=O) groups is 4. The first-order valence-electron chi connectivity index (χ1n) is 11.7. The number of amides is 3. The Hall–Kier alpha value is -2.28. The minimum atomic E-state index is -1.03. The predicted octanol–water partition coefficient (Wildman–Crippen LogP) is -1.74. The maximum Gasteiger partial charge on any atom is 0.305 e. The molecule has 0 aliphatic carbocycles. The van der Waals surface area contributed by atoms with Crippen LogP contribution in [0.5, 0.6) is 0 Å². The number of unbranched alkanes of at least 4 members (excludes halogenated alkanes) is 3. The second-order valence-corrected chi connectivity index (χ2v) is 8.06. The van der Waals surface area contributed by atoms with Crippen LogP contribution in [0.4, 0.5) is 0 Å². The lowest BCUT2D eigenvalue weighted by Gasteiger charge is -2.21. The number of nitrogens with one attached hydrogen (secondary N) is 3. The summed E-state index contributed by atoms with van der Waals surface area (Å²) in [6, 6.07) is -2.18. The van der Waals surface area contributed by atoms with Crippen LogP contribution >= 0.6 is 0 Å². The zero-order valence-corrected chi connectivity index (χ0v) is 19.5. The van der Waals surface area contributed by atoms with Crippen LogP contribution in [0.15, 0.2) is 0 Å². The van der Waals surface area contributed by atoms with Gasteiger partial charge in [0.05, 0.1) is 18.5 Å². The van der Waals surface area contributed by atoms with Crippen molar-refractivity contribution in [2.75, 3.05) is 26.2 Å². The van der Waals surface area contributed by atoms with Crippen LogP contribution in [0, 0.1) is 0 Å². The van der Waals surface area contributed by atoms with Crippen LogP contribution in [0.25, 0.3) is 0 Å². The van der Waals surface area contributed by atoms with Crippen LogP contribution < -0.4 is 38.9 Å². The van der Waals surface area contributed by atoms with E-state index in [1.165, 1.54) is 0 Å². The molecule has 3 amide bonds. The van der Waals surface area contributed by atoms with E-state index >= 15 is 0 Å². The molecular formula is C21H43N7O5. The number of hydrogen-bond acceptors (Lipinski definition) is 8. The summed E-state index contributed by atoms with van der Waals surface area (Å²) in [4.78, 5) is 47.5. The third-order valence-corrected chi connectivity index (χ3v) is 5.10. The Morgan fingerprint density at radius 2 is 1.18 bits per heavy atom. The summed E-state index contributed by atoms with van der Waals surface area (Å²) < 4.78 is 0. The zero-order chi connectivity index (χ0) is 25.1. The first-order valence-corrected chi connectivity index (χ1v) is 11.7. The molecule has 0 heterocycles. The number of nitrogens with two attached hydrogens (primary N) is 4. The maximum atomic E-state index is 12.5. The van der Waals surface area contributed by atoms with Crippen LogP contribution in [0.1, 0.15) is 64.2 Å². The highest BCUT2D eigenvalue weighted by molar-refractivity contribution is 5.89. The molecule has 0 radical (unpaired) electrons. The number of aliphatic carboxylic acids is 1. The Labute approximate surface area is 195 Å². The van der Waals surface area contributed by atoms with E-state index in [1.807, 2.05) is 0 Å². The Balaban J connectivity index is 4.55. The highest BCUT2D eigenvalue weighted by Gasteiger charge is 2.23. The van der Waals surface area contributed by atoms with Crippen LogP contribution in [0.2, 0.25) is 0 Å². The van der Waals surface area contributed by atoms with E-state index in [0.717, 1.165) is 19.3 Å². The van der Waals surface area contributed by atoms with E-state index in [2.05, 4.69) is 16.0 Å². The smallest absolute Gasteiger partial charge is 0.305 e. The Kier molecular flexibility index (Phi) is 17.9. The second kappa shape index (κ2) is 19.2. The van der Waals surface area contributed by atoms with E-state index in [-0.39, 0.29) is 18.9 Å². The molecule has 33 heavy (non-hydrogen) atoms. The summed E-state index contributed by atoms with van der Waals surface area (Å²) in [5, 5.41) is 16.7. The van der Waals surface area contributed by atoms with Gasteiger partial charge in [-0.1, -0.05) is 12.8 Å². The lowest BCUT2D eigenvalue weighted by molar-refractivity contribution is -0.137. The molecule has 12 N–H and O–H groups in total. The van der Waals surface area contributed by atoms with Crippen molar-refractivity contribution in [3.63, 3.8) is 0 Å². The number of rotatable bonds is 20. The standard InChI is InChI=1S/C21H43N7O5/c22-11-4-1-7-15(24)19(31)26-13-6-3-9-17(21(33)27-14-10-18(29)30)28-20(32)16(25)8-2-5-12-23/h15-17H,1-14,22-25H2,(H,26,31)(H,27,33)(H,28,32)(H,29,30). The molecule has 12 nitrogen and oxygen atoms in total. The van der Waals surface area contributed by atoms with Gasteiger partial charge >= 0.3 is 5.97 Å². The fraction of sp³-hybridized carbons (Fsp3) is 0.810.